The molecule has 0 spiro atoms. The van der Waals surface area contributed by atoms with Crippen molar-refractivity contribution in [3.05, 3.63) is 45.8 Å². The number of hydrogen-bond donors (Lipinski definition) is 2. The van der Waals surface area contributed by atoms with Crippen molar-refractivity contribution in [1.29, 1.82) is 0 Å². The van der Waals surface area contributed by atoms with E-state index in [1.54, 1.807) is 25.1 Å². The third kappa shape index (κ3) is 2.51. The average molecular weight is 293 g/mol. The maximum Gasteiger partial charge on any atom is 0.280 e. The van der Waals surface area contributed by atoms with Crippen LogP contribution >= 0.6 is 11.5 Å². The van der Waals surface area contributed by atoms with Gasteiger partial charge in [0.25, 0.3) is 11.6 Å². The second kappa shape index (κ2) is 5.76. The summed E-state index contributed by atoms with van der Waals surface area (Å²) < 4.78 is 4.54. The van der Waals surface area contributed by atoms with Crippen LogP contribution in [0, 0.1) is 10.1 Å². The molecule has 0 bridgehead atoms. The van der Waals surface area contributed by atoms with E-state index in [1.165, 1.54) is 6.07 Å². The van der Waals surface area contributed by atoms with E-state index in [-0.39, 0.29) is 23.4 Å². The molecule has 0 saturated carbocycles. The number of aromatic nitrogens is 1. The van der Waals surface area contributed by atoms with Crippen LogP contribution in [-0.2, 0) is 0 Å². The second-order valence-electron chi connectivity index (χ2n) is 3.86. The van der Waals surface area contributed by atoms with E-state index >= 15 is 0 Å². The zero-order valence-electron chi connectivity index (χ0n) is 10.5. The van der Waals surface area contributed by atoms with Gasteiger partial charge in [-0.15, -0.1) is 0 Å². The number of non-ortho nitro benzene ring substituents is 1. The number of amides is 1. The van der Waals surface area contributed by atoms with Gasteiger partial charge in [0.05, 0.1) is 16.2 Å². The molecular weight excluding hydrogens is 282 g/mol. The Morgan fingerprint density at radius 2 is 2.35 bits per heavy atom. The Balaban J connectivity index is 2.50. The van der Waals surface area contributed by atoms with Crippen LogP contribution in [0.1, 0.15) is 17.4 Å². The third-order valence-electron chi connectivity index (χ3n) is 2.68. The second-order valence-corrected chi connectivity index (χ2v) is 4.67. The molecule has 0 aliphatic rings. The van der Waals surface area contributed by atoms with Crippen molar-refractivity contribution >= 4 is 33.2 Å². The van der Waals surface area contributed by atoms with Crippen molar-refractivity contribution in [2.45, 2.75) is 6.92 Å². The molecule has 1 heterocycles. The number of allylic oxidation sites excluding steroid dienone is 1. The van der Waals surface area contributed by atoms with Gasteiger partial charge < -0.3 is 10.4 Å². The molecule has 0 fully saturated rings. The van der Waals surface area contributed by atoms with Crippen molar-refractivity contribution in [2.24, 2.45) is 0 Å². The van der Waals surface area contributed by atoms with Crippen LogP contribution in [0.15, 0.2) is 30.0 Å². The standard InChI is InChI=1S/C12H11N3O4S/c1-2-7(6-16)13-12(17)11-10-8(15(18)19)4-3-5-9(10)20-14-11/h2-5,16H,6H2,1H3,(H,13,17)/b7-2+. The Hall–Kier alpha value is -2.32. The molecular formula is C12H11N3O4S. The van der Waals surface area contributed by atoms with Crippen LogP contribution in [0.5, 0.6) is 0 Å². The van der Waals surface area contributed by atoms with Crippen LogP contribution < -0.4 is 5.32 Å². The molecule has 0 saturated heterocycles. The van der Waals surface area contributed by atoms with Gasteiger partial charge in [-0.3, -0.25) is 14.9 Å². The van der Waals surface area contributed by atoms with Gasteiger partial charge >= 0.3 is 0 Å². The normalized spacial score (nSPS) is 11.6. The van der Waals surface area contributed by atoms with Crippen LogP contribution in [0.3, 0.4) is 0 Å². The van der Waals surface area contributed by atoms with E-state index in [4.69, 9.17) is 5.11 Å². The van der Waals surface area contributed by atoms with Gasteiger partial charge in [0, 0.05) is 11.8 Å². The van der Waals surface area contributed by atoms with Crippen molar-refractivity contribution in [1.82, 2.24) is 9.69 Å². The Labute approximate surface area is 117 Å². The number of nitro benzene ring substituents is 1. The summed E-state index contributed by atoms with van der Waals surface area (Å²) in [5, 5.41) is 22.7. The Morgan fingerprint density at radius 1 is 1.60 bits per heavy atom. The van der Waals surface area contributed by atoms with E-state index in [9.17, 15) is 14.9 Å². The third-order valence-corrected chi connectivity index (χ3v) is 3.49. The molecule has 1 aromatic carbocycles. The highest BCUT2D eigenvalue weighted by Crippen LogP contribution is 2.31. The van der Waals surface area contributed by atoms with Gasteiger partial charge in [-0.2, -0.15) is 4.37 Å². The molecule has 7 nitrogen and oxygen atoms in total. The number of aliphatic hydroxyl groups is 1. The first-order chi connectivity index (χ1) is 9.58. The van der Waals surface area contributed by atoms with Gasteiger partial charge in [-0.25, -0.2) is 0 Å². The fourth-order valence-corrected chi connectivity index (χ4v) is 2.49. The number of fused-ring (bicyclic) bond motifs is 1. The summed E-state index contributed by atoms with van der Waals surface area (Å²) in [6.07, 6.45) is 1.54. The predicted molar refractivity (Wildman–Crippen MR) is 74.6 cm³/mol. The summed E-state index contributed by atoms with van der Waals surface area (Å²) in [5.74, 6) is -0.576. The molecule has 0 aliphatic heterocycles. The zero-order valence-corrected chi connectivity index (χ0v) is 11.3. The number of carbonyl (C=O) groups excluding carboxylic acids is 1. The van der Waals surface area contributed by atoms with Gasteiger partial charge in [0.1, 0.15) is 5.39 Å². The number of nitrogens with zero attached hydrogens (tertiary/aromatic N) is 2. The van der Waals surface area contributed by atoms with Crippen molar-refractivity contribution in [3.63, 3.8) is 0 Å². The SMILES string of the molecule is C/C=C(\CO)NC(=O)c1nsc2cccc([N+](=O)[O-])c12. The molecule has 8 heteroatoms. The van der Waals surface area contributed by atoms with E-state index in [2.05, 4.69) is 9.69 Å². The van der Waals surface area contributed by atoms with E-state index < -0.39 is 10.8 Å². The number of hydrogen-bond acceptors (Lipinski definition) is 6. The highest BCUT2D eigenvalue weighted by molar-refractivity contribution is 7.13. The van der Waals surface area contributed by atoms with Crippen molar-refractivity contribution in [2.75, 3.05) is 6.61 Å². The maximum atomic E-state index is 12.1. The van der Waals surface area contributed by atoms with Crippen LogP contribution in [-0.4, -0.2) is 26.9 Å². The Bertz CT molecular complexity index is 708. The molecule has 0 radical (unpaired) electrons. The zero-order chi connectivity index (χ0) is 14.7. The lowest BCUT2D eigenvalue weighted by Gasteiger charge is -2.05. The van der Waals surface area contributed by atoms with Crippen molar-refractivity contribution in [3.8, 4) is 0 Å². The summed E-state index contributed by atoms with van der Waals surface area (Å²) in [6.45, 7) is 1.33. The van der Waals surface area contributed by atoms with Gasteiger partial charge in [0.2, 0.25) is 0 Å². The highest BCUT2D eigenvalue weighted by Gasteiger charge is 2.23. The number of benzene rings is 1. The van der Waals surface area contributed by atoms with Gasteiger partial charge in [-0.05, 0) is 24.5 Å². The molecule has 0 unspecified atom stereocenters. The smallest absolute Gasteiger partial charge is 0.280 e. The van der Waals surface area contributed by atoms with Crippen molar-refractivity contribution < 1.29 is 14.8 Å². The molecule has 1 amide bonds. The topological polar surface area (TPSA) is 105 Å². The molecule has 20 heavy (non-hydrogen) atoms. The lowest BCUT2D eigenvalue weighted by molar-refractivity contribution is -0.383. The Kier molecular flexibility index (Phi) is 4.06. The summed E-state index contributed by atoms with van der Waals surface area (Å²) >= 11 is 1.02. The minimum Gasteiger partial charge on any atom is -0.390 e. The fraction of sp³-hybridized carbons (Fsp3) is 0.167. The highest BCUT2D eigenvalue weighted by atomic mass is 32.1. The molecule has 104 valence electrons. The van der Waals surface area contributed by atoms with Gasteiger partial charge in [0.15, 0.2) is 5.69 Å². The van der Waals surface area contributed by atoms with Gasteiger partial charge in [-0.1, -0.05) is 12.1 Å². The molecule has 2 N–H and O–H groups in total. The first-order valence-corrected chi connectivity index (χ1v) is 6.46. The summed E-state index contributed by atoms with van der Waals surface area (Å²) in [7, 11) is 0. The lowest BCUT2D eigenvalue weighted by Crippen LogP contribution is -2.25. The first kappa shape index (κ1) is 14.1. The molecule has 0 atom stereocenters. The number of nitro groups is 1. The molecule has 0 aliphatic carbocycles. The number of carbonyl (C=O) groups is 1. The van der Waals surface area contributed by atoms with E-state index in [1.807, 2.05) is 0 Å². The van der Waals surface area contributed by atoms with E-state index in [0.29, 0.717) is 10.4 Å². The fourth-order valence-electron chi connectivity index (χ4n) is 1.69. The largest absolute Gasteiger partial charge is 0.390 e. The molecule has 2 rings (SSSR count). The molecule has 1 aromatic heterocycles. The minimum atomic E-state index is -0.576. The van der Waals surface area contributed by atoms with E-state index in [0.717, 1.165) is 11.5 Å². The number of rotatable bonds is 4. The summed E-state index contributed by atoms with van der Waals surface area (Å²) in [4.78, 5) is 22.6. The number of nitrogens with one attached hydrogen (secondary N) is 1. The maximum absolute atomic E-state index is 12.1. The average Bonchev–Trinajstić information content (AvgIpc) is 2.88. The first-order valence-electron chi connectivity index (χ1n) is 5.68. The number of aliphatic hydroxyl groups excluding tert-OH is 1. The quantitative estimate of drug-likeness (QED) is 0.661. The monoisotopic (exact) mass is 293 g/mol. The van der Waals surface area contributed by atoms with Crippen LogP contribution in [0.25, 0.3) is 10.1 Å². The Morgan fingerprint density at radius 3 is 2.95 bits per heavy atom. The summed E-state index contributed by atoms with van der Waals surface area (Å²) in [5.41, 5.74) is 0.146. The predicted octanol–water partition coefficient (Wildman–Crippen LogP) is 1.83. The summed E-state index contributed by atoms with van der Waals surface area (Å²) in [6, 6.07) is 4.54. The van der Waals surface area contributed by atoms with Crippen LogP contribution in [0.4, 0.5) is 5.69 Å². The minimum absolute atomic E-state index is 0.00917. The molecule has 2 aromatic rings. The van der Waals surface area contributed by atoms with Crippen LogP contribution in [0.2, 0.25) is 0 Å². The lowest BCUT2D eigenvalue weighted by atomic mass is 10.1.